The standard InChI is InChI=1S/C6H12N2/c1-4-5(2)6(7)8-3/h4-5H,1H2,2-3H3,(H2,7,8)/t5-/m1/s1. The molecule has 0 aliphatic rings. The van der Waals surface area contributed by atoms with Gasteiger partial charge in [0.1, 0.15) is 0 Å². The molecule has 0 amide bonds. The predicted molar refractivity (Wildman–Crippen MR) is 36.9 cm³/mol. The Morgan fingerprint density at radius 1 is 1.88 bits per heavy atom. The van der Waals surface area contributed by atoms with Crippen LogP contribution in [0.4, 0.5) is 0 Å². The summed E-state index contributed by atoms with van der Waals surface area (Å²) in [5.41, 5.74) is 5.41. The molecule has 8 heavy (non-hydrogen) atoms. The van der Waals surface area contributed by atoms with Crippen LogP contribution < -0.4 is 5.73 Å². The molecule has 0 saturated heterocycles. The Hall–Kier alpha value is -0.790. The molecule has 0 fully saturated rings. The van der Waals surface area contributed by atoms with Crippen molar-refractivity contribution in [3.8, 4) is 0 Å². The second-order valence-electron chi connectivity index (χ2n) is 1.67. The van der Waals surface area contributed by atoms with Crippen LogP contribution in [0.1, 0.15) is 6.92 Å². The quantitative estimate of drug-likeness (QED) is 0.320. The van der Waals surface area contributed by atoms with Gasteiger partial charge >= 0.3 is 0 Å². The molecule has 0 aromatic rings. The van der Waals surface area contributed by atoms with E-state index in [1.54, 1.807) is 13.1 Å². The number of hydrogen-bond donors (Lipinski definition) is 1. The Balaban J connectivity index is 3.81. The van der Waals surface area contributed by atoms with E-state index in [4.69, 9.17) is 5.73 Å². The number of nitrogens with zero attached hydrogens (tertiary/aromatic N) is 1. The van der Waals surface area contributed by atoms with E-state index in [-0.39, 0.29) is 5.92 Å². The molecule has 0 aliphatic carbocycles. The van der Waals surface area contributed by atoms with Gasteiger partial charge in [0.25, 0.3) is 0 Å². The Labute approximate surface area is 50.1 Å². The zero-order valence-electron chi connectivity index (χ0n) is 5.39. The van der Waals surface area contributed by atoms with E-state index in [1.807, 2.05) is 6.92 Å². The van der Waals surface area contributed by atoms with Gasteiger partial charge in [-0.25, -0.2) is 0 Å². The van der Waals surface area contributed by atoms with E-state index >= 15 is 0 Å². The van der Waals surface area contributed by atoms with Gasteiger partial charge in [0, 0.05) is 13.0 Å². The molecule has 46 valence electrons. The van der Waals surface area contributed by atoms with Crippen LogP contribution in [0.3, 0.4) is 0 Å². The Morgan fingerprint density at radius 3 is 2.50 bits per heavy atom. The van der Waals surface area contributed by atoms with Gasteiger partial charge in [-0.05, 0) is 0 Å². The van der Waals surface area contributed by atoms with Crippen LogP contribution in [0.2, 0.25) is 0 Å². The SMILES string of the molecule is C=C[C@@H](C)C(N)=NC. The van der Waals surface area contributed by atoms with Crippen LogP contribution in [0.5, 0.6) is 0 Å². The largest absolute Gasteiger partial charge is 0.387 e. The molecule has 0 aliphatic heterocycles. The summed E-state index contributed by atoms with van der Waals surface area (Å²) < 4.78 is 0. The van der Waals surface area contributed by atoms with Crippen molar-refractivity contribution in [1.29, 1.82) is 0 Å². The Kier molecular flexibility index (Phi) is 2.92. The third-order valence-corrected chi connectivity index (χ3v) is 1.08. The van der Waals surface area contributed by atoms with E-state index in [2.05, 4.69) is 11.6 Å². The zero-order chi connectivity index (χ0) is 6.57. The summed E-state index contributed by atoms with van der Waals surface area (Å²) in [5, 5.41) is 0. The van der Waals surface area contributed by atoms with Gasteiger partial charge in [-0.1, -0.05) is 13.0 Å². The van der Waals surface area contributed by atoms with E-state index in [1.165, 1.54) is 0 Å². The number of aliphatic imine (C=N–C) groups is 1. The van der Waals surface area contributed by atoms with E-state index < -0.39 is 0 Å². The molecule has 1 atom stereocenters. The molecule has 2 nitrogen and oxygen atoms in total. The highest BCUT2D eigenvalue weighted by atomic mass is 14.8. The van der Waals surface area contributed by atoms with Crippen molar-refractivity contribution in [3.05, 3.63) is 12.7 Å². The summed E-state index contributed by atoms with van der Waals surface area (Å²) in [6, 6.07) is 0. The van der Waals surface area contributed by atoms with Crippen LogP contribution >= 0.6 is 0 Å². The van der Waals surface area contributed by atoms with Gasteiger partial charge < -0.3 is 5.73 Å². The van der Waals surface area contributed by atoms with Gasteiger partial charge in [-0.2, -0.15) is 0 Å². The molecular formula is C6H12N2. The Morgan fingerprint density at radius 2 is 2.38 bits per heavy atom. The third kappa shape index (κ3) is 1.78. The molecule has 0 saturated carbocycles. The first-order chi connectivity index (χ1) is 3.72. The summed E-state index contributed by atoms with van der Waals surface area (Å²) in [5.74, 6) is 0.847. The maximum Gasteiger partial charge on any atom is 0.1000 e. The highest BCUT2D eigenvalue weighted by Crippen LogP contribution is 1.92. The van der Waals surface area contributed by atoms with Crippen molar-refractivity contribution in [2.45, 2.75) is 6.92 Å². The molecule has 0 rings (SSSR count). The van der Waals surface area contributed by atoms with Crippen molar-refractivity contribution in [1.82, 2.24) is 0 Å². The van der Waals surface area contributed by atoms with Crippen LogP contribution in [0.15, 0.2) is 17.6 Å². The van der Waals surface area contributed by atoms with Crippen LogP contribution in [0, 0.1) is 5.92 Å². The van der Waals surface area contributed by atoms with E-state index in [9.17, 15) is 0 Å². The van der Waals surface area contributed by atoms with Crippen molar-refractivity contribution < 1.29 is 0 Å². The van der Waals surface area contributed by atoms with Crippen LogP contribution in [-0.2, 0) is 0 Å². The first-order valence-corrected chi connectivity index (χ1v) is 2.57. The minimum atomic E-state index is 0.208. The number of hydrogen-bond acceptors (Lipinski definition) is 1. The fourth-order valence-electron chi connectivity index (χ4n) is 0.324. The van der Waals surface area contributed by atoms with Crippen molar-refractivity contribution >= 4 is 5.84 Å². The summed E-state index contributed by atoms with van der Waals surface area (Å²) in [4.78, 5) is 3.78. The van der Waals surface area contributed by atoms with Gasteiger partial charge in [-0.15, -0.1) is 6.58 Å². The second kappa shape index (κ2) is 3.24. The average molecular weight is 112 g/mol. The molecule has 0 spiro atoms. The predicted octanol–water partition coefficient (Wildman–Crippen LogP) is 0.795. The van der Waals surface area contributed by atoms with Gasteiger partial charge in [0.2, 0.25) is 0 Å². The molecule has 2 N–H and O–H groups in total. The monoisotopic (exact) mass is 112 g/mol. The van der Waals surface area contributed by atoms with Gasteiger partial charge in [-0.3, -0.25) is 4.99 Å². The normalized spacial score (nSPS) is 15.5. The summed E-state index contributed by atoms with van der Waals surface area (Å²) in [6.45, 7) is 5.52. The molecule has 0 heterocycles. The fraction of sp³-hybridized carbons (Fsp3) is 0.500. The average Bonchev–Trinajstić information content (AvgIpc) is 1.84. The summed E-state index contributed by atoms with van der Waals surface area (Å²) >= 11 is 0. The van der Waals surface area contributed by atoms with Crippen LogP contribution in [0.25, 0.3) is 0 Å². The molecule has 0 aromatic heterocycles. The summed E-state index contributed by atoms with van der Waals surface area (Å²) in [7, 11) is 1.68. The number of rotatable bonds is 2. The van der Waals surface area contributed by atoms with Crippen molar-refractivity contribution in [2.75, 3.05) is 7.05 Å². The lowest BCUT2D eigenvalue weighted by Crippen LogP contribution is -2.18. The molecular weight excluding hydrogens is 100 g/mol. The topological polar surface area (TPSA) is 38.4 Å². The maximum atomic E-state index is 5.41. The lowest BCUT2D eigenvalue weighted by Gasteiger charge is -2.00. The number of amidine groups is 1. The van der Waals surface area contributed by atoms with Crippen LogP contribution in [-0.4, -0.2) is 12.9 Å². The molecule has 0 radical (unpaired) electrons. The zero-order valence-corrected chi connectivity index (χ0v) is 5.39. The minimum Gasteiger partial charge on any atom is -0.387 e. The number of nitrogens with two attached hydrogens (primary N) is 1. The highest BCUT2D eigenvalue weighted by molar-refractivity contribution is 5.83. The lowest BCUT2D eigenvalue weighted by molar-refractivity contribution is 0.978. The first-order valence-electron chi connectivity index (χ1n) is 2.57. The molecule has 0 bridgehead atoms. The van der Waals surface area contributed by atoms with Gasteiger partial charge in [0.15, 0.2) is 0 Å². The Bertz CT molecular complexity index is 105. The summed E-state index contributed by atoms with van der Waals surface area (Å²) in [6.07, 6.45) is 1.77. The fourth-order valence-corrected chi connectivity index (χ4v) is 0.324. The molecule has 2 heteroatoms. The second-order valence-corrected chi connectivity index (χ2v) is 1.67. The smallest absolute Gasteiger partial charge is 0.1000 e. The highest BCUT2D eigenvalue weighted by Gasteiger charge is 1.96. The first kappa shape index (κ1) is 7.21. The van der Waals surface area contributed by atoms with Crippen molar-refractivity contribution in [3.63, 3.8) is 0 Å². The van der Waals surface area contributed by atoms with E-state index in [0.717, 1.165) is 0 Å². The van der Waals surface area contributed by atoms with Crippen molar-refractivity contribution in [2.24, 2.45) is 16.6 Å². The molecule has 0 unspecified atom stereocenters. The minimum absolute atomic E-state index is 0.208. The maximum absolute atomic E-state index is 5.41. The molecule has 0 aromatic carbocycles. The lowest BCUT2D eigenvalue weighted by atomic mass is 10.2. The third-order valence-electron chi connectivity index (χ3n) is 1.08. The van der Waals surface area contributed by atoms with E-state index in [0.29, 0.717) is 5.84 Å². The van der Waals surface area contributed by atoms with Gasteiger partial charge in [0.05, 0.1) is 5.84 Å².